The third-order valence-electron chi connectivity index (χ3n) is 3.93. The Morgan fingerprint density at radius 3 is 2.44 bits per heavy atom. The molecule has 0 spiro atoms. The van der Waals surface area contributed by atoms with Crippen LogP contribution in [0.4, 0.5) is 0 Å². The van der Waals surface area contributed by atoms with Crippen LogP contribution in [0.25, 0.3) is 0 Å². The Bertz CT molecular complexity index is 549. The SMILES string of the molecule is CCNC(=NCc1ccc(C(=O)NC(C)CC)cc1)NCCCOCC.I. The molecule has 0 saturated carbocycles. The summed E-state index contributed by atoms with van der Waals surface area (Å²) in [6.45, 7) is 11.8. The number of carbonyl (C=O) groups is 1. The first-order valence-electron chi connectivity index (χ1n) is 9.60. The second kappa shape index (κ2) is 15.7. The Balaban J connectivity index is 0.00000676. The van der Waals surface area contributed by atoms with Gasteiger partial charge in [0, 0.05) is 37.9 Å². The van der Waals surface area contributed by atoms with Crippen LogP contribution in [0.15, 0.2) is 29.3 Å². The van der Waals surface area contributed by atoms with Gasteiger partial charge in [0.15, 0.2) is 5.96 Å². The van der Waals surface area contributed by atoms with Gasteiger partial charge in [-0.3, -0.25) is 4.79 Å². The van der Waals surface area contributed by atoms with E-state index in [1.165, 1.54) is 0 Å². The van der Waals surface area contributed by atoms with Crippen molar-refractivity contribution in [3.63, 3.8) is 0 Å². The maximum absolute atomic E-state index is 12.1. The number of hydrogen-bond donors (Lipinski definition) is 3. The van der Waals surface area contributed by atoms with E-state index in [-0.39, 0.29) is 35.9 Å². The molecule has 27 heavy (non-hydrogen) atoms. The maximum atomic E-state index is 12.1. The Labute approximate surface area is 181 Å². The number of rotatable bonds is 11. The molecule has 0 aliphatic carbocycles. The molecule has 0 saturated heterocycles. The van der Waals surface area contributed by atoms with Gasteiger partial charge in [0.25, 0.3) is 5.91 Å². The number of halogens is 1. The number of benzene rings is 1. The molecule has 1 aromatic carbocycles. The number of carbonyl (C=O) groups excluding carboxylic acids is 1. The molecule has 0 fully saturated rings. The van der Waals surface area contributed by atoms with Gasteiger partial charge in [-0.25, -0.2) is 4.99 Å². The van der Waals surface area contributed by atoms with Crippen molar-refractivity contribution in [1.82, 2.24) is 16.0 Å². The van der Waals surface area contributed by atoms with Gasteiger partial charge in [-0.15, -0.1) is 24.0 Å². The fraction of sp³-hybridized carbons (Fsp3) is 0.600. The average Bonchev–Trinajstić information content (AvgIpc) is 2.66. The molecule has 0 bridgehead atoms. The number of ether oxygens (including phenoxy) is 1. The Hall–Kier alpha value is -1.35. The van der Waals surface area contributed by atoms with Crippen LogP contribution >= 0.6 is 24.0 Å². The van der Waals surface area contributed by atoms with Gasteiger partial charge in [0.1, 0.15) is 0 Å². The van der Waals surface area contributed by atoms with Crippen LogP contribution in [0.2, 0.25) is 0 Å². The Morgan fingerprint density at radius 2 is 1.85 bits per heavy atom. The number of aliphatic imine (C=N–C) groups is 1. The Morgan fingerprint density at radius 1 is 1.15 bits per heavy atom. The first kappa shape index (κ1) is 25.6. The molecule has 3 N–H and O–H groups in total. The fourth-order valence-electron chi connectivity index (χ4n) is 2.21. The largest absolute Gasteiger partial charge is 0.382 e. The van der Waals surface area contributed by atoms with Crippen LogP contribution < -0.4 is 16.0 Å². The van der Waals surface area contributed by atoms with Crippen LogP contribution in [-0.4, -0.2) is 44.2 Å². The smallest absolute Gasteiger partial charge is 0.251 e. The van der Waals surface area contributed by atoms with Crippen molar-refractivity contribution in [1.29, 1.82) is 0 Å². The van der Waals surface area contributed by atoms with Gasteiger partial charge < -0.3 is 20.7 Å². The quantitative estimate of drug-likeness (QED) is 0.193. The zero-order chi connectivity index (χ0) is 19.2. The summed E-state index contributed by atoms with van der Waals surface area (Å²) >= 11 is 0. The van der Waals surface area contributed by atoms with Crippen LogP contribution in [0.3, 0.4) is 0 Å². The summed E-state index contributed by atoms with van der Waals surface area (Å²) in [4.78, 5) is 16.7. The van der Waals surface area contributed by atoms with E-state index in [4.69, 9.17) is 4.74 Å². The molecule has 1 unspecified atom stereocenters. The van der Waals surface area contributed by atoms with Crippen LogP contribution in [0, 0.1) is 0 Å². The summed E-state index contributed by atoms with van der Waals surface area (Å²) in [6.07, 6.45) is 1.86. The van der Waals surface area contributed by atoms with Crippen molar-refractivity contribution in [3.8, 4) is 0 Å². The van der Waals surface area contributed by atoms with E-state index in [1.54, 1.807) is 0 Å². The van der Waals surface area contributed by atoms with Gasteiger partial charge in [-0.05, 0) is 51.3 Å². The monoisotopic (exact) mass is 490 g/mol. The third kappa shape index (κ3) is 11.2. The normalized spacial score (nSPS) is 12.1. The topological polar surface area (TPSA) is 74.8 Å². The highest BCUT2D eigenvalue weighted by Gasteiger charge is 2.08. The van der Waals surface area contributed by atoms with Gasteiger partial charge in [-0.1, -0.05) is 19.1 Å². The van der Waals surface area contributed by atoms with E-state index >= 15 is 0 Å². The molecule has 0 aliphatic rings. The fourth-order valence-corrected chi connectivity index (χ4v) is 2.21. The molecule has 1 atom stereocenters. The van der Waals surface area contributed by atoms with E-state index in [9.17, 15) is 4.79 Å². The lowest BCUT2D eigenvalue weighted by Crippen LogP contribution is -2.38. The molecule has 0 heterocycles. The standard InChI is InChI=1S/C20H34N4O2.HI/c1-5-16(4)24-19(25)18-11-9-17(10-12-18)15-23-20(21-6-2)22-13-8-14-26-7-3;/h9-12,16H,5-8,13-15H2,1-4H3,(H,24,25)(H2,21,22,23);1H. The second-order valence-corrected chi connectivity index (χ2v) is 6.15. The number of nitrogens with zero attached hydrogens (tertiary/aromatic N) is 1. The highest BCUT2D eigenvalue weighted by Crippen LogP contribution is 2.06. The van der Waals surface area contributed by atoms with Crippen molar-refractivity contribution < 1.29 is 9.53 Å². The third-order valence-corrected chi connectivity index (χ3v) is 3.93. The molecule has 7 heteroatoms. The van der Waals surface area contributed by atoms with Crippen molar-refractivity contribution in [2.45, 2.75) is 53.1 Å². The van der Waals surface area contributed by atoms with E-state index in [0.717, 1.165) is 50.7 Å². The molecular formula is C20H35IN4O2. The molecule has 6 nitrogen and oxygen atoms in total. The van der Waals surface area contributed by atoms with Gasteiger partial charge >= 0.3 is 0 Å². The lowest BCUT2D eigenvalue weighted by atomic mass is 10.1. The molecule has 1 amide bonds. The molecule has 0 aromatic heterocycles. The number of hydrogen-bond acceptors (Lipinski definition) is 3. The zero-order valence-electron chi connectivity index (χ0n) is 17.0. The van der Waals surface area contributed by atoms with E-state index in [0.29, 0.717) is 12.1 Å². The second-order valence-electron chi connectivity index (χ2n) is 6.15. The molecule has 0 aliphatic heterocycles. The minimum atomic E-state index is -0.0290. The highest BCUT2D eigenvalue weighted by atomic mass is 127. The summed E-state index contributed by atoms with van der Waals surface area (Å²) in [5.41, 5.74) is 1.75. The van der Waals surface area contributed by atoms with E-state index in [1.807, 2.05) is 45.0 Å². The molecular weight excluding hydrogens is 455 g/mol. The number of nitrogens with one attached hydrogen (secondary N) is 3. The predicted molar refractivity (Wildman–Crippen MR) is 123 cm³/mol. The summed E-state index contributed by atoms with van der Waals surface area (Å²) < 4.78 is 5.33. The van der Waals surface area contributed by atoms with E-state index < -0.39 is 0 Å². The van der Waals surface area contributed by atoms with Crippen LogP contribution in [0.5, 0.6) is 0 Å². The summed E-state index contributed by atoms with van der Waals surface area (Å²) in [5.74, 6) is 0.765. The van der Waals surface area contributed by atoms with Gasteiger partial charge in [0.2, 0.25) is 0 Å². The minimum absolute atomic E-state index is 0. The van der Waals surface area contributed by atoms with E-state index in [2.05, 4.69) is 27.9 Å². The minimum Gasteiger partial charge on any atom is -0.382 e. The first-order valence-corrected chi connectivity index (χ1v) is 9.60. The van der Waals surface area contributed by atoms with Crippen LogP contribution in [0.1, 0.15) is 56.5 Å². The zero-order valence-corrected chi connectivity index (χ0v) is 19.3. The number of guanidine groups is 1. The lowest BCUT2D eigenvalue weighted by molar-refractivity contribution is 0.0939. The maximum Gasteiger partial charge on any atom is 0.251 e. The molecule has 154 valence electrons. The molecule has 1 aromatic rings. The summed E-state index contributed by atoms with van der Waals surface area (Å²) in [6, 6.07) is 7.79. The average molecular weight is 490 g/mol. The van der Waals surface area contributed by atoms with Gasteiger partial charge in [-0.2, -0.15) is 0 Å². The molecule has 0 radical (unpaired) electrons. The number of amides is 1. The van der Waals surface area contributed by atoms with Crippen molar-refractivity contribution in [3.05, 3.63) is 35.4 Å². The molecule has 1 rings (SSSR count). The van der Waals surface area contributed by atoms with Crippen molar-refractivity contribution in [2.75, 3.05) is 26.3 Å². The lowest BCUT2D eigenvalue weighted by Gasteiger charge is -2.12. The summed E-state index contributed by atoms with van der Waals surface area (Å²) in [7, 11) is 0. The van der Waals surface area contributed by atoms with Crippen LogP contribution in [-0.2, 0) is 11.3 Å². The van der Waals surface area contributed by atoms with Crippen molar-refractivity contribution in [2.24, 2.45) is 4.99 Å². The van der Waals surface area contributed by atoms with Crippen molar-refractivity contribution >= 4 is 35.8 Å². The highest BCUT2D eigenvalue weighted by molar-refractivity contribution is 14.0. The van der Waals surface area contributed by atoms with Gasteiger partial charge in [0.05, 0.1) is 6.54 Å². The predicted octanol–water partition coefficient (Wildman–Crippen LogP) is 3.31. The first-order chi connectivity index (χ1) is 12.6. The summed E-state index contributed by atoms with van der Waals surface area (Å²) in [5, 5.41) is 9.51. The Kier molecular flexibility index (Phi) is 14.9.